The summed E-state index contributed by atoms with van der Waals surface area (Å²) in [5.74, 6) is 0.745. The van der Waals surface area contributed by atoms with Crippen LogP contribution in [0.2, 0.25) is 5.02 Å². The fourth-order valence-electron chi connectivity index (χ4n) is 3.01. The molecule has 0 aliphatic heterocycles. The smallest absolute Gasteiger partial charge is 0.243 e. The van der Waals surface area contributed by atoms with Gasteiger partial charge in [-0.25, -0.2) is 0 Å². The number of amides is 2. The summed E-state index contributed by atoms with van der Waals surface area (Å²) in [5, 5.41) is 12.8. The molecule has 0 aliphatic carbocycles. The standard InChI is InChI=1S/C22H24ClN5O3S/c1-3-31-16-7-5-15(6-8-16)21-26-27-22(32)28(21)11-10-19(29)24-13-20(30)25-18-9-4-14(2)12-17(18)23/h4-9,12H,3,10-11,13H2,1-2H3,(H,24,29)(H,25,30)(H,27,32). The van der Waals surface area contributed by atoms with Crippen molar-refractivity contribution in [3.05, 3.63) is 57.8 Å². The first-order chi connectivity index (χ1) is 15.4. The van der Waals surface area contributed by atoms with Gasteiger partial charge in [-0.3, -0.25) is 19.3 Å². The Hall–Kier alpha value is -3.17. The van der Waals surface area contributed by atoms with Gasteiger partial charge in [0.25, 0.3) is 0 Å². The summed E-state index contributed by atoms with van der Waals surface area (Å²) >= 11 is 11.4. The Kier molecular flexibility index (Phi) is 8.02. The average Bonchev–Trinajstić information content (AvgIpc) is 3.14. The number of rotatable bonds is 9. The first-order valence-corrected chi connectivity index (χ1v) is 10.9. The van der Waals surface area contributed by atoms with E-state index >= 15 is 0 Å². The molecule has 10 heteroatoms. The molecule has 3 aromatic rings. The van der Waals surface area contributed by atoms with Crippen LogP contribution in [0.25, 0.3) is 11.4 Å². The minimum Gasteiger partial charge on any atom is -0.494 e. The summed E-state index contributed by atoms with van der Waals surface area (Å²) < 4.78 is 7.62. The van der Waals surface area contributed by atoms with Crippen molar-refractivity contribution < 1.29 is 14.3 Å². The molecule has 0 saturated carbocycles. The van der Waals surface area contributed by atoms with E-state index in [9.17, 15) is 9.59 Å². The van der Waals surface area contributed by atoms with E-state index < -0.39 is 0 Å². The first kappa shape index (κ1) is 23.5. The molecular formula is C22H24ClN5O3S. The molecule has 0 fully saturated rings. The molecule has 2 amide bonds. The molecule has 168 valence electrons. The lowest BCUT2D eigenvalue weighted by molar-refractivity contribution is -0.124. The second-order valence-corrected chi connectivity index (χ2v) is 7.81. The van der Waals surface area contributed by atoms with Crippen LogP contribution in [0.4, 0.5) is 5.69 Å². The number of aryl methyl sites for hydroxylation is 1. The van der Waals surface area contributed by atoms with Gasteiger partial charge in [0.2, 0.25) is 11.8 Å². The van der Waals surface area contributed by atoms with Crippen molar-refractivity contribution in [3.63, 3.8) is 0 Å². The quantitative estimate of drug-likeness (QED) is 0.406. The van der Waals surface area contributed by atoms with Crippen molar-refractivity contribution in [2.24, 2.45) is 0 Å². The number of carbonyl (C=O) groups is 2. The first-order valence-electron chi connectivity index (χ1n) is 10.1. The van der Waals surface area contributed by atoms with Crippen molar-refractivity contribution in [2.45, 2.75) is 26.8 Å². The molecule has 0 aliphatic rings. The second-order valence-electron chi connectivity index (χ2n) is 7.02. The van der Waals surface area contributed by atoms with E-state index in [0.29, 0.717) is 34.5 Å². The summed E-state index contributed by atoms with van der Waals surface area (Å²) in [4.78, 5) is 24.4. The van der Waals surface area contributed by atoms with Crippen LogP contribution in [0.15, 0.2) is 42.5 Å². The number of hydrogen-bond acceptors (Lipinski definition) is 5. The molecule has 0 spiro atoms. The number of aromatic amines is 1. The van der Waals surface area contributed by atoms with Gasteiger partial charge in [0.05, 0.1) is 23.9 Å². The van der Waals surface area contributed by atoms with E-state index in [4.69, 9.17) is 28.6 Å². The molecule has 0 unspecified atom stereocenters. The largest absolute Gasteiger partial charge is 0.494 e. The number of nitrogens with zero attached hydrogens (tertiary/aromatic N) is 2. The van der Waals surface area contributed by atoms with Crippen LogP contribution in [-0.4, -0.2) is 39.7 Å². The number of ether oxygens (including phenoxy) is 1. The molecule has 3 N–H and O–H groups in total. The Balaban J connectivity index is 1.54. The van der Waals surface area contributed by atoms with Crippen molar-refractivity contribution in [1.82, 2.24) is 20.1 Å². The number of benzene rings is 2. The topological polar surface area (TPSA) is 101 Å². The van der Waals surface area contributed by atoms with E-state index in [1.54, 1.807) is 16.7 Å². The molecule has 0 atom stereocenters. The van der Waals surface area contributed by atoms with Gasteiger partial charge in [0.15, 0.2) is 10.6 Å². The number of anilines is 1. The Morgan fingerprint density at radius 3 is 2.62 bits per heavy atom. The molecular weight excluding hydrogens is 450 g/mol. The molecule has 1 aromatic heterocycles. The molecule has 3 rings (SSSR count). The Morgan fingerprint density at radius 1 is 1.19 bits per heavy atom. The number of H-pyrrole nitrogens is 1. The van der Waals surface area contributed by atoms with Gasteiger partial charge in [-0.05, 0) is 68.0 Å². The Labute approximate surface area is 195 Å². The predicted octanol–water partition coefficient (Wildman–Crippen LogP) is 4.11. The third-order valence-electron chi connectivity index (χ3n) is 4.59. The summed E-state index contributed by atoms with van der Waals surface area (Å²) in [5.41, 5.74) is 2.33. The van der Waals surface area contributed by atoms with Gasteiger partial charge in [0.1, 0.15) is 5.75 Å². The lowest BCUT2D eigenvalue weighted by atomic mass is 10.2. The molecule has 0 saturated heterocycles. The van der Waals surface area contributed by atoms with Crippen LogP contribution in [0.1, 0.15) is 18.9 Å². The molecule has 8 nitrogen and oxygen atoms in total. The highest BCUT2D eigenvalue weighted by molar-refractivity contribution is 7.71. The van der Waals surface area contributed by atoms with Crippen LogP contribution < -0.4 is 15.4 Å². The Morgan fingerprint density at radius 2 is 1.94 bits per heavy atom. The summed E-state index contributed by atoms with van der Waals surface area (Å²) in [6.45, 7) is 4.57. The van der Waals surface area contributed by atoms with Gasteiger partial charge >= 0.3 is 0 Å². The predicted molar refractivity (Wildman–Crippen MR) is 126 cm³/mol. The van der Waals surface area contributed by atoms with Crippen LogP contribution in [0, 0.1) is 11.7 Å². The minimum absolute atomic E-state index is 0.135. The molecule has 2 aromatic carbocycles. The van der Waals surface area contributed by atoms with Crippen molar-refractivity contribution in [2.75, 3.05) is 18.5 Å². The SMILES string of the molecule is CCOc1ccc(-c2n[nH]c(=S)n2CCC(=O)NCC(=O)Nc2ccc(C)cc2Cl)cc1. The maximum atomic E-state index is 12.3. The van der Waals surface area contributed by atoms with E-state index in [-0.39, 0.29) is 24.8 Å². The minimum atomic E-state index is -0.362. The van der Waals surface area contributed by atoms with Gasteiger partial charge in [-0.2, -0.15) is 5.10 Å². The number of aromatic nitrogens is 3. The molecule has 0 bridgehead atoms. The number of halogens is 1. The third kappa shape index (κ3) is 6.18. The van der Waals surface area contributed by atoms with Crippen LogP contribution >= 0.6 is 23.8 Å². The number of carbonyl (C=O) groups excluding carboxylic acids is 2. The zero-order chi connectivity index (χ0) is 23.1. The van der Waals surface area contributed by atoms with Crippen LogP contribution in [0.3, 0.4) is 0 Å². The second kappa shape index (κ2) is 10.9. The van der Waals surface area contributed by atoms with Crippen LogP contribution in [0.5, 0.6) is 5.75 Å². The summed E-state index contributed by atoms with van der Waals surface area (Å²) in [7, 11) is 0. The zero-order valence-corrected chi connectivity index (χ0v) is 19.3. The highest BCUT2D eigenvalue weighted by Gasteiger charge is 2.12. The number of nitrogens with one attached hydrogen (secondary N) is 3. The summed E-state index contributed by atoms with van der Waals surface area (Å²) in [6, 6.07) is 12.8. The lowest BCUT2D eigenvalue weighted by Crippen LogP contribution is -2.33. The lowest BCUT2D eigenvalue weighted by Gasteiger charge is -2.10. The highest BCUT2D eigenvalue weighted by atomic mass is 35.5. The van der Waals surface area contributed by atoms with Crippen LogP contribution in [-0.2, 0) is 16.1 Å². The highest BCUT2D eigenvalue weighted by Crippen LogP contribution is 2.23. The van der Waals surface area contributed by atoms with Crippen molar-refractivity contribution >= 4 is 41.3 Å². The Bertz CT molecular complexity index is 1160. The molecule has 32 heavy (non-hydrogen) atoms. The van der Waals surface area contributed by atoms with E-state index in [1.165, 1.54) is 0 Å². The fraction of sp³-hybridized carbons (Fsp3) is 0.273. The van der Waals surface area contributed by atoms with E-state index in [0.717, 1.165) is 16.9 Å². The fourth-order valence-corrected chi connectivity index (χ4v) is 3.51. The van der Waals surface area contributed by atoms with Gasteiger partial charge in [-0.15, -0.1) is 0 Å². The van der Waals surface area contributed by atoms with Gasteiger partial charge < -0.3 is 15.4 Å². The summed E-state index contributed by atoms with van der Waals surface area (Å²) in [6.07, 6.45) is 0.135. The van der Waals surface area contributed by atoms with Crippen molar-refractivity contribution in [3.8, 4) is 17.1 Å². The monoisotopic (exact) mass is 473 g/mol. The third-order valence-corrected chi connectivity index (χ3v) is 5.21. The number of hydrogen-bond donors (Lipinski definition) is 3. The van der Waals surface area contributed by atoms with Gasteiger partial charge in [-0.1, -0.05) is 17.7 Å². The van der Waals surface area contributed by atoms with E-state index in [2.05, 4.69) is 20.8 Å². The average molecular weight is 474 g/mol. The maximum absolute atomic E-state index is 12.3. The normalized spacial score (nSPS) is 10.6. The zero-order valence-electron chi connectivity index (χ0n) is 17.8. The molecule has 1 heterocycles. The maximum Gasteiger partial charge on any atom is 0.243 e. The van der Waals surface area contributed by atoms with Crippen molar-refractivity contribution in [1.29, 1.82) is 0 Å². The molecule has 0 radical (unpaired) electrons. The van der Waals surface area contributed by atoms with E-state index in [1.807, 2.05) is 44.2 Å². The van der Waals surface area contributed by atoms with Gasteiger partial charge in [0, 0.05) is 18.5 Å².